The van der Waals surface area contributed by atoms with Crippen LogP contribution in [-0.2, 0) is 13.8 Å². The summed E-state index contributed by atoms with van der Waals surface area (Å²) >= 11 is 0. The van der Waals surface area contributed by atoms with Crippen LogP contribution in [0.2, 0.25) is 0 Å². The number of halogens is 1. The van der Waals surface area contributed by atoms with E-state index in [1.54, 1.807) is 0 Å². The molecule has 0 saturated carbocycles. The van der Waals surface area contributed by atoms with Crippen molar-refractivity contribution >= 4 is 25.6 Å². The Morgan fingerprint density at radius 1 is 1.53 bits per heavy atom. The minimum absolute atomic E-state index is 0.0788. The number of amides is 1. The molecule has 0 aliphatic carbocycles. The first kappa shape index (κ1) is 14.4. The van der Waals surface area contributed by atoms with Gasteiger partial charge >= 0.3 is 0 Å². The topological polar surface area (TPSA) is 85.6 Å². The van der Waals surface area contributed by atoms with Crippen LogP contribution in [0.15, 0.2) is 15.4 Å². The number of nitrogens with one attached hydrogen (secondary N) is 1. The van der Waals surface area contributed by atoms with Crippen molar-refractivity contribution in [2.24, 2.45) is 0 Å². The zero-order chi connectivity index (χ0) is 14.3. The van der Waals surface area contributed by atoms with E-state index in [1.807, 2.05) is 6.92 Å². The molecule has 1 amide bonds. The predicted octanol–water partition coefficient (Wildman–Crippen LogP) is 1.42. The minimum atomic E-state index is -3.91. The second kappa shape index (κ2) is 4.81. The van der Waals surface area contributed by atoms with E-state index in [-0.39, 0.29) is 16.4 Å². The number of carbonyl (C=O) groups excluding carboxylic acids is 1. The van der Waals surface area contributed by atoms with Crippen molar-refractivity contribution in [3.63, 3.8) is 0 Å². The Bertz CT molecular complexity index is 601. The van der Waals surface area contributed by atoms with Crippen LogP contribution in [0.25, 0.3) is 0 Å². The Kier molecular flexibility index (Phi) is 3.63. The summed E-state index contributed by atoms with van der Waals surface area (Å²) in [5.41, 5.74) is -0.461. The van der Waals surface area contributed by atoms with Crippen molar-refractivity contribution in [3.8, 4) is 0 Å². The van der Waals surface area contributed by atoms with E-state index in [0.717, 1.165) is 6.07 Å². The first-order valence-corrected chi connectivity index (χ1v) is 7.98. The van der Waals surface area contributed by atoms with Gasteiger partial charge in [-0.3, -0.25) is 4.79 Å². The standard InChI is InChI=1S/C11H14ClNO5S/c1-7-9(19(12,15)16)5-8(18-7)10(14)13-11(2)3-4-17-6-11/h5H,3-4,6H2,1-2H3,(H,13,14). The summed E-state index contributed by atoms with van der Waals surface area (Å²) in [7, 11) is 1.33. The highest BCUT2D eigenvalue weighted by molar-refractivity contribution is 8.13. The summed E-state index contributed by atoms with van der Waals surface area (Å²) in [6.07, 6.45) is 0.694. The molecule has 1 aromatic rings. The molecule has 0 spiro atoms. The maximum absolute atomic E-state index is 12.0. The van der Waals surface area contributed by atoms with E-state index in [1.165, 1.54) is 6.92 Å². The first-order valence-electron chi connectivity index (χ1n) is 5.67. The van der Waals surface area contributed by atoms with Gasteiger partial charge in [0.05, 0.1) is 12.1 Å². The number of carbonyl (C=O) groups is 1. The smallest absolute Gasteiger partial charge is 0.287 e. The highest BCUT2D eigenvalue weighted by Gasteiger charge is 2.33. The lowest BCUT2D eigenvalue weighted by molar-refractivity contribution is 0.0860. The average Bonchev–Trinajstić information content (AvgIpc) is 2.84. The van der Waals surface area contributed by atoms with E-state index in [2.05, 4.69) is 5.32 Å². The predicted molar refractivity (Wildman–Crippen MR) is 67.8 cm³/mol. The molecule has 19 heavy (non-hydrogen) atoms. The lowest BCUT2D eigenvalue weighted by atomic mass is 10.0. The van der Waals surface area contributed by atoms with Crippen LogP contribution in [-0.4, -0.2) is 33.1 Å². The number of hydrogen-bond acceptors (Lipinski definition) is 5. The van der Waals surface area contributed by atoms with Crippen molar-refractivity contribution < 1.29 is 22.4 Å². The van der Waals surface area contributed by atoms with E-state index >= 15 is 0 Å². The third-order valence-corrected chi connectivity index (χ3v) is 4.42. The number of ether oxygens (including phenoxy) is 1. The molecule has 1 saturated heterocycles. The summed E-state index contributed by atoms with van der Waals surface area (Å²) in [6.45, 7) is 4.29. The largest absolute Gasteiger partial charge is 0.455 e. The second-order valence-corrected chi connectivity index (χ2v) is 7.32. The van der Waals surface area contributed by atoms with Gasteiger partial charge in [0.15, 0.2) is 5.76 Å². The lowest BCUT2D eigenvalue weighted by Gasteiger charge is -2.22. The second-order valence-electron chi connectivity index (χ2n) is 4.79. The third-order valence-electron chi connectivity index (χ3n) is 2.99. The number of aryl methyl sites for hydroxylation is 1. The molecule has 0 aromatic carbocycles. The zero-order valence-electron chi connectivity index (χ0n) is 10.5. The molecule has 0 bridgehead atoms. The molecular formula is C11H14ClNO5S. The Labute approximate surface area is 115 Å². The average molecular weight is 308 g/mol. The summed E-state index contributed by atoms with van der Waals surface area (Å²) in [5, 5.41) is 2.77. The van der Waals surface area contributed by atoms with Gasteiger partial charge in [0.2, 0.25) is 0 Å². The zero-order valence-corrected chi connectivity index (χ0v) is 12.1. The highest BCUT2D eigenvalue weighted by Crippen LogP contribution is 2.24. The molecule has 1 fully saturated rings. The number of hydrogen-bond donors (Lipinski definition) is 1. The van der Waals surface area contributed by atoms with E-state index in [4.69, 9.17) is 19.8 Å². The van der Waals surface area contributed by atoms with Gasteiger partial charge in [-0.15, -0.1) is 0 Å². The van der Waals surface area contributed by atoms with Crippen molar-refractivity contribution in [1.82, 2.24) is 5.32 Å². The number of furan rings is 1. The van der Waals surface area contributed by atoms with Crippen LogP contribution >= 0.6 is 10.7 Å². The van der Waals surface area contributed by atoms with Crippen LogP contribution in [0, 0.1) is 6.92 Å². The molecule has 2 rings (SSSR count). The summed E-state index contributed by atoms with van der Waals surface area (Å²) in [6, 6.07) is 1.13. The van der Waals surface area contributed by atoms with Crippen LogP contribution in [0.3, 0.4) is 0 Å². The van der Waals surface area contributed by atoms with Gasteiger partial charge < -0.3 is 14.5 Å². The fourth-order valence-electron chi connectivity index (χ4n) is 1.92. The monoisotopic (exact) mass is 307 g/mol. The fourth-order valence-corrected chi connectivity index (χ4v) is 3.01. The van der Waals surface area contributed by atoms with Gasteiger partial charge in [-0.2, -0.15) is 0 Å². The lowest BCUT2D eigenvalue weighted by Crippen LogP contribution is -2.46. The molecule has 1 aliphatic heterocycles. The maximum Gasteiger partial charge on any atom is 0.287 e. The van der Waals surface area contributed by atoms with Gasteiger partial charge in [-0.05, 0) is 20.3 Å². The molecule has 106 valence electrons. The molecule has 2 heterocycles. The van der Waals surface area contributed by atoms with E-state index in [0.29, 0.717) is 19.6 Å². The number of rotatable bonds is 3. The molecule has 1 aromatic heterocycles. The van der Waals surface area contributed by atoms with Crippen LogP contribution in [0.5, 0.6) is 0 Å². The van der Waals surface area contributed by atoms with Gasteiger partial charge in [0, 0.05) is 23.4 Å². The first-order chi connectivity index (χ1) is 8.71. The molecule has 0 radical (unpaired) electrons. The minimum Gasteiger partial charge on any atom is -0.455 e. The van der Waals surface area contributed by atoms with Gasteiger partial charge in [-0.1, -0.05) is 0 Å². The maximum atomic E-state index is 12.0. The van der Waals surface area contributed by atoms with Crippen LogP contribution in [0.1, 0.15) is 29.7 Å². The summed E-state index contributed by atoms with van der Waals surface area (Å²) < 4.78 is 32.9. The summed E-state index contributed by atoms with van der Waals surface area (Å²) in [4.78, 5) is 11.8. The van der Waals surface area contributed by atoms with E-state index in [9.17, 15) is 13.2 Å². The quantitative estimate of drug-likeness (QED) is 0.854. The Balaban J connectivity index is 2.21. The van der Waals surface area contributed by atoms with Crippen molar-refractivity contribution in [1.29, 1.82) is 0 Å². The molecule has 1 aliphatic rings. The van der Waals surface area contributed by atoms with Gasteiger partial charge in [0.1, 0.15) is 10.7 Å². The SMILES string of the molecule is Cc1oc(C(=O)NC2(C)CCOC2)cc1S(=O)(=O)Cl. The van der Waals surface area contributed by atoms with Gasteiger partial charge in [0.25, 0.3) is 15.0 Å². The Morgan fingerprint density at radius 2 is 2.21 bits per heavy atom. The molecule has 1 atom stereocenters. The molecule has 8 heteroatoms. The Hall–Kier alpha value is -1.05. The molecule has 1 unspecified atom stereocenters. The normalized spacial score (nSPS) is 23.5. The molecule has 6 nitrogen and oxygen atoms in total. The highest BCUT2D eigenvalue weighted by atomic mass is 35.7. The van der Waals surface area contributed by atoms with Crippen molar-refractivity contribution in [2.45, 2.75) is 30.7 Å². The molecular weight excluding hydrogens is 294 g/mol. The summed E-state index contributed by atoms with van der Waals surface area (Å²) in [5.74, 6) is -0.472. The fraction of sp³-hybridized carbons (Fsp3) is 0.545. The van der Waals surface area contributed by atoms with Crippen LogP contribution < -0.4 is 5.32 Å². The van der Waals surface area contributed by atoms with Crippen molar-refractivity contribution in [2.75, 3.05) is 13.2 Å². The van der Waals surface area contributed by atoms with E-state index < -0.39 is 20.5 Å². The van der Waals surface area contributed by atoms with Gasteiger partial charge in [-0.25, -0.2) is 8.42 Å². The third kappa shape index (κ3) is 3.10. The Morgan fingerprint density at radius 3 is 2.68 bits per heavy atom. The molecule has 1 N–H and O–H groups in total. The van der Waals surface area contributed by atoms with Crippen LogP contribution in [0.4, 0.5) is 0 Å². The van der Waals surface area contributed by atoms with Crippen molar-refractivity contribution in [3.05, 3.63) is 17.6 Å².